The van der Waals surface area contributed by atoms with Crippen molar-refractivity contribution in [3.05, 3.63) is 24.3 Å². The van der Waals surface area contributed by atoms with Crippen LogP contribution in [0.25, 0.3) is 0 Å². The molecule has 200 valence electrons. The fourth-order valence-electron chi connectivity index (χ4n) is 9.09. The van der Waals surface area contributed by atoms with Crippen LogP contribution in [0.15, 0.2) is 24.3 Å². The van der Waals surface area contributed by atoms with Gasteiger partial charge in [0.15, 0.2) is 0 Å². The summed E-state index contributed by atoms with van der Waals surface area (Å²) in [5.41, 5.74) is -1.21. The first-order chi connectivity index (χ1) is 15.9. The number of hydrogen-bond donors (Lipinski definition) is 4. The molecule has 9 atom stereocenters. The molecule has 0 bridgehead atoms. The maximum atomic E-state index is 11.7. The summed E-state index contributed by atoms with van der Waals surface area (Å²) < 4.78 is 0. The van der Waals surface area contributed by atoms with Gasteiger partial charge >= 0.3 is 5.97 Å². The van der Waals surface area contributed by atoms with Crippen molar-refractivity contribution in [2.45, 2.75) is 117 Å². The van der Waals surface area contributed by atoms with Crippen LogP contribution in [0.1, 0.15) is 99.8 Å². The predicted molar refractivity (Wildman–Crippen MR) is 140 cm³/mol. The molecule has 0 aromatic carbocycles. The number of aliphatic hydroxyl groups excluding tert-OH is 1. The molecular weight excluding hydrogens is 440 g/mol. The lowest BCUT2D eigenvalue weighted by Gasteiger charge is -2.67. The van der Waals surface area contributed by atoms with Crippen molar-refractivity contribution in [3.8, 4) is 0 Å². The van der Waals surface area contributed by atoms with Gasteiger partial charge in [-0.25, -0.2) is 0 Å². The molecule has 5 heteroatoms. The van der Waals surface area contributed by atoms with Crippen molar-refractivity contribution in [2.75, 3.05) is 0 Å². The maximum Gasteiger partial charge on any atom is 0.303 e. The van der Waals surface area contributed by atoms with E-state index >= 15 is 0 Å². The molecule has 3 fully saturated rings. The molecule has 0 spiro atoms. The van der Waals surface area contributed by atoms with E-state index in [9.17, 15) is 25.2 Å². The zero-order chi connectivity index (χ0) is 26.6. The summed E-state index contributed by atoms with van der Waals surface area (Å²) in [6.07, 6.45) is 8.71. The van der Waals surface area contributed by atoms with Gasteiger partial charge in [-0.1, -0.05) is 45.1 Å². The third-order valence-corrected chi connectivity index (χ3v) is 11.0. The molecule has 0 saturated heterocycles. The summed E-state index contributed by atoms with van der Waals surface area (Å²) in [5.74, 6) is -0.370. The van der Waals surface area contributed by atoms with Crippen LogP contribution in [0.4, 0.5) is 0 Å². The smallest absolute Gasteiger partial charge is 0.303 e. The van der Waals surface area contributed by atoms with Gasteiger partial charge in [0.2, 0.25) is 0 Å². The average Bonchev–Trinajstić information content (AvgIpc) is 3.08. The van der Waals surface area contributed by atoms with Gasteiger partial charge in [0.1, 0.15) is 0 Å². The molecule has 4 N–H and O–H groups in total. The molecule has 3 aliphatic carbocycles. The fourth-order valence-corrected chi connectivity index (χ4v) is 9.09. The van der Waals surface area contributed by atoms with Gasteiger partial charge in [-0.3, -0.25) is 4.79 Å². The van der Waals surface area contributed by atoms with Crippen LogP contribution in [0, 0.1) is 39.9 Å². The molecule has 0 amide bonds. The average molecular weight is 491 g/mol. The molecule has 0 aromatic heterocycles. The van der Waals surface area contributed by atoms with E-state index in [0.29, 0.717) is 19.3 Å². The van der Waals surface area contributed by atoms with Crippen molar-refractivity contribution in [1.82, 2.24) is 0 Å². The number of allylic oxidation sites excluding steroid dienone is 1. The van der Waals surface area contributed by atoms with Gasteiger partial charge in [-0.05, 0) is 113 Å². The first-order valence-corrected chi connectivity index (χ1v) is 13.6. The van der Waals surface area contributed by atoms with Crippen molar-refractivity contribution >= 4 is 5.97 Å². The van der Waals surface area contributed by atoms with E-state index < -0.39 is 23.3 Å². The molecule has 0 radical (unpaired) electrons. The van der Waals surface area contributed by atoms with Crippen molar-refractivity contribution in [3.63, 3.8) is 0 Å². The lowest BCUT2D eigenvalue weighted by molar-refractivity contribution is -0.213. The Balaban J connectivity index is 1.97. The quantitative estimate of drug-likeness (QED) is 0.326. The number of aliphatic hydroxyl groups is 3. The lowest BCUT2D eigenvalue weighted by atomic mass is 9.37. The monoisotopic (exact) mass is 490 g/mol. The Kier molecular flexibility index (Phi) is 7.54. The number of carbonyl (C=O) groups is 1. The van der Waals surface area contributed by atoms with E-state index in [-0.39, 0.29) is 46.3 Å². The highest BCUT2D eigenvalue weighted by Crippen LogP contribution is 2.74. The summed E-state index contributed by atoms with van der Waals surface area (Å²) in [4.78, 5) is 11.6. The Morgan fingerprint density at radius 2 is 1.69 bits per heavy atom. The number of aliphatic carboxylic acids is 1. The second kappa shape index (κ2) is 9.29. The second-order valence-corrected chi connectivity index (χ2v) is 13.8. The molecule has 35 heavy (non-hydrogen) atoms. The molecule has 0 unspecified atom stereocenters. The number of carboxylic acid groups (broad SMARTS) is 1. The SMILES string of the molecule is C=C(C)[C@@H]1CC[C@]2(C)[C@H](C[C@@H](O)[C@@H]3[C@@H]([C@@](C)(O)C/C=C/C(C)(C)O)CC[C@]32C)[C@@]1(C)CCC(=O)O. The maximum absolute atomic E-state index is 11.7. The van der Waals surface area contributed by atoms with E-state index in [1.165, 1.54) is 0 Å². The molecule has 0 aliphatic heterocycles. The Morgan fingerprint density at radius 1 is 1.09 bits per heavy atom. The summed E-state index contributed by atoms with van der Waals surface area (Å²) in [5, 5.41) is 42.9. The number of carboxylic acids is 1. The van der Waals surface area contributed by atoms with Crippen LogP contribution in [0.3, 0.4) is 0 Å². The van der Waals surface area contributed by atoms with E-state index in [1.54, 1.807) is 19.9 Å². The fraction of sp³-hybridized carbons (Fsp3) is 0.833. The zero-order valence-electron chi connectivity index (χ0n) is 23.1. The van der Waals surface area contributed by atoms with Crippen molar-refractivity contribution in [1.29, 1.82) is 0 Å². The zero-order valence-corrected chi connectivity index (χ0v) is 23.1. The van der Waals surface area contributed by atoms with Gasteiger partial charge in [-0.2, -0.15) is 0 Å². The predicted octanol–water partition coefficient (Wildman–Crippen LogP) is 5.73. The summed E-state index contributed by atoms with van der Waals surface area (Å²) in [6, 6.07) is 0. The van der Waals surface area contributed by atoms with Gasteiger partial charge in [0.25, 0.3) is 0 Å². The van der Waals surface area contributed by atoms with E-state index in [4.69, 9.17) is 0 Å². The number of rotatable bonds is 8. The molecule has 0 heterocycles. The second-order valence-electron chi connectivity index (χ2n) is 13.8. The largest absolute Gasteiger partial charge is 0.481 e. The highest BCUT2D eigenvalue weighted by Gasteiger charge is 2.69. The lowest BCUT2D eigenvalue weighted by Crippen LogP contribution is -2.63. The molecule has 3 aliphatic rings. The molecule has 0 aromatic rings. The van der Waals surface area contributed by atoms with Crippen LogP contribution in [0.5, 0.6) is 0 Å². The number of fused-ring (bicyclic) bond motifs is 3. The summed E-state index contributed by atoms with van der Waals surface area (Å²) in [7, 11) is 0. The summed E-state index contributed by atoms with van der Waals surface area (Å²) in [6.45, 7) is 18.6. The van der Waals surface area contributed by atoms with Gasteiger partial charge in [-0.15, -0.1) is 0 Å². The molecule has 3 saturated carbocycles. The van der Waals surface area contributed by atoms with Gasteiger partial charge in [0, 0.05) is 6.42 Å². The van der Waals surface area contributed by atoms with E-state index in [1.807, 2.05) is 13.0 Å². The Labute approximate surface area is 212 Å². The summed E-state index contributed by atoms with van der Waals surface area (Å²) >= 11 is 0. The van der Waals surface area contributed by atoms with E-state index in [2.05, 4.69) is 34.3 Å². The molecular formula is C30H50O5. The minimum absolute atomic E-state index is 0.0145. The number of hydrogen-bond acceptors (Lipinski definition) is 4. The van der Waals surface area contributed by atoms with Crippen LogP contribution in [-0.2, 0) is 4.79 Å². The van der Waals surface area contributed by atoms with Crippen LogP contribution in [-0.4, -0.2) is 43.7 Å². The van der Waals surface area contributed by atoms with E-state index in [0.717, 1.165) is 31.3 Å². The topological polar surface area (TPSA) is 98.0 Å². The highest BCUT2D eigenvalue weighted by atomic mass is 16.4. The van der Waals surface area contributed by atoms with Crippen LogP contribution in [0.2, 0.25) is 0 Å². The van der Waals surface area contributed by atoms with Gasteiger partial charge < -0.3 is 20.4 Å². The standard InChI is InChI=1S/C30H50O5/c1-19(2)20-10-16-28(6)23(27(20,5)15-12-24(32)33)18-22(31)25-21(11-17-29(25,28)7)30(8,35)14-9-13-26(3,4)34/h9,13,20-23,25,31,34-35H,1,10-12,14-18H2,2-8H3,(H,32,33)/b13-9+/t20-,21-,22+,23+,25-,27-,28+,29+,30-/m0/s1. The Hall–Kier alpha value is -1.17. The molecule has 3 rings (SSSR count). The van der Waals surface area contributed by atoms with Crippen molar-refractivity contribution < 1.29 is 25.2 Å². The Morgan fingerprint density at radius 3 is 2.23 bits per heavy atom. The minimum atomic E-state index is -0.976. The third kappa shape index (κ3) is 4.90. The molecule has 5 nitrogen and oxygen atoms in total. The third-order valence-electron chi connectivity index (χ3n) is 11.0. The first-order valence-electron chi connectivity index (χ1n) is 13.6. The highest BCUT2D eigenvalue weighted by molar-refractivity contribution is 5.66. The minimum Gasteiger partial charge on any atom is -0.481 e. The van der Waals surface area contributed by atoms with Crippen molar-refractivity contribution in [2.24, 2.45) is 39.9 Å². The first kappa shape index (κ1) is 28.4. The van der Waals surface area contributed by atoms with Crippen LogP contribution >= 0.6 is 0 Å². The van der Waals surface area contributed by atoms with Gasteiger partial charge in [0.05, 0.1) is 17.3 Å². The normalized spacial score (nSPS) is 43.4. The Bertz CT molecular complexity index is 853. The van der Waals surface area contributed by atoms with Crippen LogP contribution < -0.4 is 0 Å².